The zero-order valence-corrected chi connectivity index (χ0v) is 14.1. The smallest absolute Gasteiger partial charge is 0.191 e. The molecule has 0 atom stereocenters. The van der Waals surface area contributed by atoms with Gasteiger partial charge >= 0.3 is 0 Å². The van der Waals surface area contributed by atoms with Crippen LogP contribution in [0.4, 0.5) is 0 Å². The first-order valence-electron chi connectivity index (χ1n) is 7.53. The third-order valence-electron chi connectivity index (χ3n) is 3.28. The van der Waals surface area contributed by atoms with Gasteiger partial charge in [-0.05, 0) is 37.7 Å². The molecule has 0 aliphatic rings. The van der Waals surface area contributed by atoms with E-state index >= 15 is 0 Å². The fraction of sp³-hybridized carbons (Fsp3) is 0.562. The van der Waals surface area contributed by atoms with Gasteiger partial charge in [0.15, 0.2) is 5.96 Å². The van der Waals surface area contributed by atoms with E-state index in [9.17, 15) is 0 Å². The first-order valence-corrected chi connectivity index (χ1v) is 7.91. The number of guanidine groups is 1. The van der Waals surface area contributed by atoms with E-state index in [0.717, 1.165) is 37.2 Å². The normalized spacial score (nSPS) is 11.8. The second kappa shape index (κ2) is 10.5. The van der Waals surface area contributed by atoms with Gasteiger partial charge in [-0.2, -0.15) is 0 Å². The molecule has 0 radical (unpaired) electrons. The Bertz CT molecular complexity index is 417. The summed E-state index contributed by atoms with van der Waals surface area (Å²) in [7, 11) is 3.94. The number of halogens is 1. The summed E-state index contributed by atoms with van der Waals surface area (Å²) in [4.78, 5) is 6.57. The Morgan fingerprint density at radius 2 is 1.90 bits per heavy atom. The number of rotatable bonds is 8. The Morgan fingerprint density at radius 1 is 1.19 bits per heavy atom. The molecular formula is C16H27ClN4. The predicted molar refractivity (Wildman–Crippen MR) is 92.1 cm³/mol. The minimum atomic E-state index is 0.739. The van der Waals surface area contributed by atoms with Gasteiger partial charge in [0.1, 0.15) is 0 Å². The molecule has 118 valence electrons. The van der Waals surface area contributed by atoms with E-state index in [1.165, 1.54) is 18.4 Å². The SMILES string of the molecule is CCCCN(C)CCNC(=NC)NCc1ccc(Cl)cc1. The molecule has 0 aliphatic carbocycles. The number of unbranched alkanes of at least 4 members (excludes halogenated alkanes) is 1. The van der Waals surface area contributed by atoms with Crippen molar-refractivity contribution in [3.8, 4) is 0 Å². The quantitative estimate of drug-likeness (QED) is 0.573. The van der Waals surface area contributed by atoms with Crippen molar-refractivity contribution in [1.82, 2.24) is 15.5 Å². The van der Waals surface area contributed by atoms with Gasteiger partial charge in [-0.25, -0.2) is 0 Å². The van der Waals surface area contributed by atoms with Crippen molar-refractivity contribution in [2.24, 2.45) is 4.99 Å². The summed E-state index contributed by atoms with van der Waals surface area (Å²) in [5.41, 5.74) is 1.18. The van der Waals surface area contributed by atoms with Gasteiger partial charge in [0.25, 0.3) is 0 Å². The topological polar surface area (TPSA) is 39.7 Å². The summed E-state index contributed by atoms with van der Waals surface area (Å²) < 4.78 is 0. The minimum absolute atomic E-state index is 0.739. The van der Waals surface area contributed by atoms with E-state index in [-0.39, 0.29) is 0 Å². The average Bonchev–Trinajstić information content (AvgIpc) is 2.50. The molecule has 2 N–H and O–H groups in total. The van der Waals surface area contributed by atoms with Crippen LogP contribution in [-0.2, 0) is 6.54 Å². The number of benzene rings is 1. The lowest BCUT2D eigenvalue weighted by Crippen LogP contribution is -2.40. The number of nitrogens with zero attached hydrogens (tertiary/aromatic N) is 2. The molecule has 0 heterocycles. The van der Waals surface area contributed by atoms with Gasteiger partial charge in [0.2, 0.25) is 0 Å². The number of hydrogen-bond acceptors (Lipinski definition) is 2. The van der Waals surface area contributed by atoms with E-state index in [4.69, 9.17) is 11.6 Å². The largest absolute Gasteiger partial charge is 0.355 e. The fourth-order valence-corrected chi connectivity index (χ4v) is 2.04. The zero-order chi connectivity index (χ0) is 15.5. The van der Waals surface area contributed by atoms with Gasteiger partial charge in [-0.1, -0.05) is 37.1 Å². The van der Waals surface area contributed by atoms with Crippen molar-refractivity contribution in [3.05, 3.63) is 34.9 Å². The Hall–Kier alpha value is -1.26. The first-order chi connectivity index (χ1) is 10.2. The van der Waals surface area contributed by atoms with Crippen LogP contribution >= 0.6 is 11.6 Å². The van der Waals surface area contributed by atoms with Crippen LogP contribution < -0.4 is 10.6 Å². The van der Waals surface area contributed by atoms with Crippen molar-refractivity contribution in [1.29, 1.82) is 0 Å². The predicted octanol–water partition coefficient (Wildman–Crippen LogP) is 2.74. The molecule has 0 fully saturated rings. The summed E-state index contributed by atoms with van der Waals surface area (Å²) >= 11 is 5.87. The molecule has 1 aromatic rings. The van der Waals surface area contributed by atoms with Crippen LogP contribution in [0.3, 0.4) is 0 Å². The molecule has 0 aliphatic heterocycles. The highest BCUT2D eigenvalue weighted by atomic mass is 35.5. The maximum Gasteiger partial charge on any atom is 0.191 e. The molecule has 0 amide bonds. The Kier molecular flexibility index (Phi) is 8.87. The molecule has 1 rings (SSSR count). The molecular weight excluding hydrogens is 284 g/mol. The summed E-state index contributed by atoms with van der Waals surface area (Å²) in [6.45, 7) is 6.01. The maximum absolute atomic E-state index is 5.87. The second-order valence-electron chi connectivity index (χ2n) is 5.14. The van der Waals surface area contributed by atoms with Crippen molar-refractivity contribution in [2.75, 3.05) is 33.7 Å². The average molecular weight is 311 g/mol. The summed E-state index contributed by atoms with van der Waals surface area (Å²) in [5.74, 6) is 0.828. The van der Waals surface area contributed by atoms with Crippen molar-refractivity contribution in [2.45, 2.75) is 26.3 Å². The maximum atomic E-state index is 5.87. The Balaban J connectivity index is 2.24. The Morgan fingerprint density at radius 3 is 2.52 bits per heavy atom. The van der Waals surface area contributed by atoms with E-state index in [0.29, 0.717) is 0 Å². The van der Waals surface area contributed by atoms with Gasteiger partial charge in [-0.15, -0.1) is 0 Å². The molecule has 0 spiro atoms. The van der Waals surface area contributed by atoms with E-state index < -0.39 is 0 Å². The van der Waals surface area contributed by atoms with E-state index in [1.807, 2.05) is 24.3 Å². The summed E-state index contributed by atoms with van der Waals surface area (Å²) in [6.07, 6.45) is 2.49. The first kappa shape index (κ1) is 17.8. The molecule has 1 aromatic carbocycles. The molecule has 0 saturated carbocycles. The van der Waals surface area contributed by atoms with Crippen LogP contribution in [0.5, 0.6) is 0 Å². The molecule has 0 unspecified atom stereocenters. The number of aliphatic imine (C=N–C) groups is 1. The standard InChI is InChI=1S/C16H27ClN4/c1-4-5-11-21(3)12-10-19-16(18-2)20-13-14-6-8-15(17)9-7-14/h6-9H,4-5,10-13H2,1-3H3,(H2,18,19,20). The highest BCUT2D eigenvalue weighted by molar-refractivity contribution is 6.30. The van der Waals surface area contributed by atoms with Crippen LogP contribution in [0.1, 0.15) is 25.3 Å². The lowest BCUT2D eigenvalue weighted by atomic mass is 10.2. The summed E-state index contributed by atoms with van der Waals surface area (Å²) in [6, 6.07) is 7.83. The van der Waals surface area contributed by atoms with Crippen LogP contribution in [0, 0.1) is 0 Å². The van der Waals surface area contributed by atoms with Crippen LogP contribution in [0.15, 0.2) is 29.3 Å². The second-order valence-corrected chi connectivity index (χ2v) is 5.57. The number of nitrogens with one attached hydrogen (secondary N) is 2. The van der Waals surface area contributed by atoms with Crippen molar-refractivity contribution < 1.29 is 0 Å². The molecule has 4 nitrogen and oxygen atoms in total. The molecule has 0 saturated heterocycles. The van der Waals surface area contributed by atoms with E-state index in [1.54, 1.807) is 7.05 Å². The number of likely N-dealkylation sites (N-methyl/N-ethyl adjacent to an activating group) is 1. The number of hydrogen-bond donors (Lipinski definition) is 2. The summed E-state index contributed by atoms with van der Waals surface area (Å²) in [5, 5.41) is 7.39. The van der Waals surface area contributed by atoms with Crippen LogP contribution in [0.25, 0.3) is 0 Å². The van der Waals surface area contributed by atoms with Crippen molar-refractivity contribution >= 4 is 17.6 Å². The Labute approximate surface area is 133 Å². The zero-order valence-electron chi connectivity index (χ0n) is 13.3. The molecule has 0 bridgehead atoms. The lowest BCUT2D eigenvalue weighted by Gasteiger charge is -2.18. The molecule has 5 heteroatoms. The van der Waals surface area contributed by atoms with Gasteiger partial charge < -0.3 is 15.5 Å². The third-order valence-corrected chi connectivity index (χ3v) is 3.53. The fourth-order valence-electron chi connectivity index (χ4n) is 1.91. The van der Waals surface area contributed by atoms with Gasteiger partial charge in [0.05, 0.1) is 0 Å². The highest BCUT2D eigenvalue weighted by Gasteiger charge is 2.00. The van der Waals surface area contributed by atoms with Crippen molar-refractivity contribution in [3.63, 3.8) is 0 Å². The highest BCUT2D eigenvalue weighted by Crippen LogP contribution is 2.08. The van der Waals surface area contributed by atoms with Gasteiger partial charge in [0, 0.05) is 31.7 Å². The lowest BCUT2D eigenvalue weighted by molar-refractivity contribution is 0.332. The molecule has 0 aromatic heterocycles. The molecule has 21 heavy (non-hydrogen) atoms. The minimum Gasteiger partial charge on any atom is -0.355 e. The monoisotopic (exact) mass is 310 g/mol. The van der Waals surface area contributed by atoms with Crippen LogP contribution in [-0.4, -0.2) is 44.6 Å². The van der Waals surface area contributed by atoms with Gasteiger partial charge in [-0.3, -0.25) is 4.99 Å². The van der Waals surface area contributed by atoms with E-state index in [2.05, 4.69) is 34.5 Å². The van der Waals surface area contributed by atoms with Crippen LogP contribution in [0.2, 0.25) is 5.02 Å². The third kappa shape index (κ3) is 7.93.